The van der Waals surface area contributed by atoms with Crippen molar-refractivity contribution in [1.29, 1.82) is 0 Å². The van der Waals surface area contributed by atoms with Crippen molar-refractivity contribution in [1.82, 2.24) is 4.98 Å². The SMILES string of the molecule is CC(C)Cc1cc(-c2ccc3c4ccccc4c4ccc(-c5ccccc5)cc4c3c2)nc[c]1[Ge]([CH3])([CH3])[CH3]. The average Bonchev–Trinajstić information content (AvgIpc) is 2.92. The number of aromatic nitrogens is 1. The second kappa shape index (κ2) is 9.71. The topological polar surface area (TPSA) is 12.9 Å². The Balaban J connectivity index is 1.61. The van der Waals surface area contributed by atoms with Gasteiger partial charge in [0, 0.05) is 0 Å². The summed E-state index contributed by atoms with van der Waals surface area (Å²) in [5.74, 6) is 8.03. The van der Waals surface area contributed by atoms with Crippen LogP contribution < -0.4 is 4.40 Å². The Labute approximate surface area is 228 Å². The van der Waals surface area contributed by atoms with Gasteiger partial charge in [0.15, 0.2) is 0 Å². The molecule has 6 rings (SSSR count). The average molecular weight is 554 g/mol. The Morgan fingerprint density at radius 1 is 0.579 bits per heavy atom. The molecule has 1 nitrogen and oxygen atoms in total. The molecule has 0 spiro atoms. The Kier molecular flexibility index (Phi) is 6.36. The van der Waals surface area contributed by atoms with Gasteiger partial charge in [-0.2, -0.15) is 0 Å². The van der Waals surface area contributed by atoms with Crippen LogP contribution in [0.3, 0.4) is 0 Å². The third-order valence-corrected chi connectivity index (χ3v) is 12.0. The van der Waals surface area contributed by atoms with Crippen molar-refractivity contribution in [2.24, 2.45) is 5.92 Å². The predicted octanol–water partition coefficient (Wildman–Crippen LogP) is 9.62. The molecule has 0 unspecified atom stereocenters. The first-order chi connectivity index (χ1) is 18.3. The molecule has 0 bridgehead atoms. The van der Waals surface area contributed by atoms with Crippen molar-refractivity contribution in [2.75, 3.05) is 0 Å². The fraction of sp³-hybridized carbons (Fsp3) is 0.194. The molecule has 2 heteroatoms. The van der Waals surface area contributed by atoms with Gasteiger partial charge in [0.2, 0.25) is 0 Å². The summed E-state index contributed by atoms with van der Waals surface area (Å²) in [6.07, 6.45) is 3.30. The van der Waals surface area contributed by atoms with Crippen LogP contribution in [0.15, 0.2) is 103 Å². The van der Waals surface area contributed by atoms with Crippen molar-refractivity contribution in [3.63, 3.8) is 0 Å². The van der Waals surface area contributed by atoms with Gasteiger partial charge in [-0.1, -0.05) is 18.2 Å². The van der Waals surface area contributed by atoms with E-state index in [1.165, 1.54) is 59.0 Å². The number of hydrogen-bond acceptors (Lipinski definition) is 1. The van der Waals surface area contributed by atoms with Gasteiger partial charge < -0.3 is 0 Å². The molecule has 0 atom stereocenters. The number of rotatable bonds is 5. The molecule has 0 radical (unpaired) electrons. The van der Waals surface area contributed by atoms with Crippen molar-refractivity contribution in [3.8, 4) is 22.4 Å². The number of fused-ring (bicyclic) bond motifs is 6. The molecule has 0 N–H and O–H groups in total. The van der Waals surface area contributed by atoms with Crippen LogP contribution in [0.1, 0.15) is 19.4 Å². The van der Waals surface area contributed by atoms with Crippen LogP contribution in [-0.2, 0) is 6.42 Å². The first kappa shape index (κ1) is 24.9. The minimum absolute atomic E-state index is 0.622. The van der Waals surface area contributed by atoms with Gasteiger partial charge in [-0.3, -0.25) is 0 Å². The van der Waals surface area contributed by atoms with Crippen LogP contribution in [0.4, 0.5) is 0 Å². The van der Waals surface area contributed by atoms with E-state index >= 15 is 0 Å². The zero-order valence-corrected chi connectivity index (χ0v) is 25.1. The first-order valence-electron chi connectivity index (χ1n) is 13.7. The van der Waals surface area contributed by atoms with Crippen LogP contribution in [0.2, 0.25) is 17.3 Å². The van der Waals surface area contributed by atoms with Crippen molar-refractivity contribution in [2.45, 2.75) is 37.5 Å². The van der Waals surface area contributed by atoms with Crippen molar-refractivity contribution in [3.05, 3.63) is 109 Å². The molecule has 1 heterocycles. The molecule has 0 fully saturated rings. The number of hydrogen-bond donors (Lipinski definition) is 0. The number of pyridine rings is 1. The second-order valence-electron chi connectivity index (χ2n) is 12.0. The van der Waals surface area contributed by atoms with Gasteiger partial charge in [0.25, 0.3) is 0 Å². The van der Waals surface area contributed by atoms with Gasteiger partial charge in [-0.25, -0.2) is 0 Å². The predicted molar refractivity (Wildman–Crippen MR) is 169 cm³/mol. The molecule has 0 aliphatic rings. The standard InChI is InChI=1S/C36H35GeN/c1-24(2)19-28-22-36(38-23-35(28)37(3,4)5)27-16-18-32-30-14-10-9-13-29(30)31-17-15-26(20-33(31)34(32)21-27)25-11-7-6-8-12-25/h6-18,20-24H,19H2,1-5H3. The summed E-state index contributed by atoms with van der Waals surface area (Å²) in [5.41, 5.74) is 6.26. The molecule has 38 heavy (non-hydrogen) atoms. The third kappa shape index (κ3) is 4.54. The quantitative estimate of drug-likeness (QED) is 0.153. The summed E-state index contributed by atoms with van der Waals surface area (Å²) in [4.78, 5) is 5.04. The molecule has 6 aromatic rings. The summed E-state index contributed by atoms with van der Waals surface area (Å²) >= 11 is -2.02. The van der Waals surface area contributed by atoms with Crippen molar-refractivity contribution < 1.29 is 0 Å². The Morgan fingerprint density at radius 3 is 1.74 bits per heavy atom. The summed E-state index contributed by atoms with van der Waals surface area (Å²) in [7, 11) is 0. The van der Waals surface area contributed by atoms with Crippen LogP contribution in [0, 0.1) is 5.92 Å². The summed E-state index contributed by atoms with van der Waals surface area (Å²) in [6.45, 7) is 4.63. The van der Waals surface area contributed by atoms with E-state index in [1.807, 2.05) is 0 Å². The molecule has 0 saturated heterocycles. The molecule has 0 aliphatic carbocycles. The van der Waals surface area contributed by atoms with Crippen LogP contribution >= 0.6 is 0 Å². The van der Waals surface area contributed by atoms with Gasteiger partial charge in [-0.15, -0.1) is 0 Å². The molecule has 1 aromatic heterocycles. The molecule has 0 amide bonds. The van der Waals surface area contributed by atoms with Gasteiger partial charge in [0.1, 0.15) is 0 Å². The second-order valence-corrected chi connectivity index (χ2v) is 22.6. The van der Waals surface area contributed by atoms with E-state index in [9.17, 15) is 0 Å². The molecule has 5 aromatic carbocycles. The zero-order chi connectivity index (χ0) is 26.4. The zero-order valence-electron chi connectivity index (χ0n) is 23.0. The van der Waals surface area contributed by atoms with Crippen molar-refractivity contribution >= 4 is 50.0 Å². The number of benzene rings is 5. The Bertz CT molecular complexity index is 1790. The summed E-state index contributed by atoms with van der Waals surface area (Å²) in [6, 6.07) is 35.8. The first-order valence-corrected chi connectivity index (χ1v) is 21.1. The van der Waals surface area contributed by atoms with Crippen LogP contribution in [0.25, 0.3) is 54.7 Å². The maximum absolute atomic E-state index is 5.04. The summed E-state index contributed by atoms with van der Waals surface area (Å²) in [5, 5.41) is 7.80. The molecule has 188 valence electrons. The normalized spacial score (nSPS) is 12.2. The monoisotopic (exact) mass is 555 g/mol. The fourth-order valence-electron chi connectivity index (χ4n) is 5.87. The Hall–Kier alpha value is -3.43. The van der Waals surface area contributed by atoms with E-state index in [1.54, 1.807) is 0 Å². The molecular weight excluding hydrogens is 519 g/mol. The number of nitrogens with zero attached hydrogens (tertiary/aromatic N) is 1. The van der Waals surface area contributed by atoms with E-state index in [4.69, 9.17) is 4.98 Å². The minimum atomic E-state index is -2.02. The Morgan fingerprint density at radius 2 is 1.13 bits per heavy atom. The molecular formula is C36H35GeN. The van der Waals surface area contributed by atoms with Crippen LogP contribution in [0.5, 0.6) is 0 Å². The molecule has 0 saturated carbocycles. The van der Waals surface area contributed by atoms with E-state index in [2.05, 4.69) is 134 Å². The van der Waals surface area contributed by atoms with Gasteiger partial charge in [-0.05, 0) is 0 Å². The van der Waals surface area contributed by atoms with Crippen LogP contribution in [-0.4, -0.2) is 18.3 Å². The van der Waals surface area contributed by atoms with E-state index < -0.39 is 13.3 Å². The van der Waals surface area contributed by atoms with Gasteiger partial charge in [0.05, 0.1) is 0 Å². The van der Waals surface area contributed by atoms with E-state index in [-0.39, 0.29) is 0 Å². The maximum atomic E-state index is 5.04. The van der Waals surface area contributed by atoms with E-state index in [0.29, 0.717) is 5.92 Å². The fourth-order valence-corrected chi connectivity index (χ4v) is 9.20. The van der Waals surface area contributed by atoms with E-state index in [0.717, 1.165) is 12.1 Å². The van der Waals surface area contributed by atoms with Gasteiger partial charge >= 0.3 is 211 Å². The molecule has 0 aliphatic heterocycles. The third-order valence-electron chi connectivity index (χ3n) is 7.67. The summed E-state index contributed by atoms with van der Waals surface area (Å²) < 4.78 is 1.53.